The molecule has 0 spiro atoms. The van der Waals surface area contributed by atoms with E-state index in [0.717, 1.165) is 52.7 Å². The van der Waals surface area contributed by atoms with Crippen LogP contribution < -0.4 is 15.4 Å². The first-order valence-electron chi connectivity index (χ1n) is 10.7. The Hall–Kier alpha value is -3.25. The number of anilines is 2. The number of nitrogens with zero attached hydrogens (tertiary/aromatic N) is 2. The molecule has 5 rings (SSSR count). The van der Waals surface area contributed by atoms with Crippen molar-refractivity contribution in [1.29, 1.82) is 0 Å². The zero-order valence-electron chi connectivity index (χ0n) is 17.9. The molecule has 0 radical (unpaired) electrons. The minimum absolute atomic E-state index is 0.113. The van der Waals surface area contributed by atoms with Gasteiger partial charge in [-0.2, -0.15) is 0 Å². The predicted octanol–water partition coefficient (Wildman–Crippen LogP) is 6.05. The summed E-state index contributed by atoms with van der Waals surface area (Å²) in [5.41, 5.74) is 1.63. The third kappa shape index (κ3) is 5.12. The number of thiophene rings is 1. The molecule has 2 aromatic heterocycles. The third-order valence-electron chi connectivity index (χ3n) is 5.33. The summed E-state index contributed by atoms with van der Waals surface area (Å²) in [6.45, 7) is 0.872. The highest BCUT2D eigenvalue weighted by molar-refractivity contribution is 7.20. The van der Waals surface area contributed by atoms with Crippen LogP contribution in [0.25, 0.3) is 10.2 Å². The van der Waals surface area contributed by atoms with Crippen LogP contribution in [-0.4, -0.2) is 22.6 Å². The Morgan fingerprint density at radius 1 is 1.18 bits per heavy atom. The lowest BCUT2D eigenvalue weighted by Crippen LogP contribution is -2.18. The summed E-state index contributed by atoms with van der Waals surface area (Å²) in [6.07, 6.45) is 3.72. The number of hydrogen-bond donors (Lipinski definition) is 2. The lowest BCUT2D eigenvalue weighted by atomic mass is 10.2. The van der Waals surface area contributed by atoms with Crippen molar-refractivity contribution < 1.29 is 13.5 Å². The fourth-order valence-corrected chi connectivity index (χ4v) is 4.76. The molecule has 0 saturated carbocycles. The first-order chi connectivity index (χ1) is 16.5. The maximum absolute atomic E-state index is 13.8. The Morgan fingerprint density at radius 2 is 2.09 bits per heavy atom. The molecule has 0 amide bonds. The van der Waals surface area contributed by atoms with E-state index in [1.54, 1.807) is 18.2 Å². The van der Waals surface area contributed by atoms with E-state index in [9.17, 15) is 8.78 Å². The molecule has 3 heterocycles. The van der Waals surface area contributed by atoms with E-state index in [1.807, 2.05) is 6.07 Å². The van der Waals surface area contributed by atoms with Gasteiger partial charge in [-0.1, -0.05) is 23.4 Å². The van der Waals surface area contributed by atoms with Crippen LogP contribution in [0.5, 0.6) is 5.75 Å². The molecule has 2 N–H and O–H groups in total. The van der Waals surface area contributed by atoms with E-state index in [0.29, 0.717) is 22.3 Å². The smallest absolute Gasteiger partial charge is 0.151 e. The fourth-order valence-electron chi connectivity index (χ4n) is 3.61. The van der Waals surface area contributed by atoms with Crippen LogP contribution in [0.15, 0.2) is 48.8 Å². The first kappa shape index (κ1) is 22.5. The van der Waals surface area contributed by atoms with Crippen LogP contribution in [-0.2, 0) is 6.61 Å². The van der Waals surface area contributed by atoms with Crippen molar-refractivity contribution in [3.63, 3.8) is 0 Å². The highest BCUT2D eigenvalue weighted by atomic mass is 35.5. The van der Waals surface area contributed by atoms with Crippen molar-refractivity contribution in [3.8, 4) is 17.6 Å². The van der Waals surface area contributed by atoms with Gasteiger partial charge in [-0.3, -0.25) is 0 Å². The molecule has 0 aliphatic carbocycles. The summed E-state index contributed by atoms with van der Waals surface area (Å²) in [7, 11) is 0. The van der Waals surface area contributed by atoms with Gasteiger partial charge in [0.25, 0.3) is 0 Å². The quantitative estimate of drug-likeness (QED) is 0.329. The zero-order valence-corrected chi connectivity index (χ0v) is 19.4. The maximum Gasteiger partial charge on any atom is 0.151 e. The van der Waals surface area contributed by atoms with E-state index in [-0.39, 0.29) is 18.2 Å². The molecular formula is C25H19ClF2N4OS. The summed E-state index contributed by atoms with van der Waals surface area (Å²) < 4.78 is 33.7. The Balaban J connectivity index is 1.31. The minimum Gasteiger partial charge on any atom is -0.487 e. The average molecular weight is 497 g/mol. The molecule has 34 heavy (non-hydrogen) atoms. The molecule has 4 aromatic rings. The van der Waals surface area contributed by atoms with Crippen LogP contribution in [0.4, 0.5) is 20.3 Å². The van der Waals surface area contributed by atoms with E-state index in [4.69, 9.17) is 16.3 Å². The molecule has 1 fully saturated rings. The second-order valence-corrected chi connectivity index (χ2v) is 9.22. The summed E-state index contributed by atoms with van der Waals surface area (Å²) in [6, 6.07) is 10.6. The summed E-state index contributed by atoms with van der Waals surface area (Å²) in [4.78, 5) is 9.66. The lowest BCUT2D eigenvalue weighted by Gasteiger charge is -2.11. The molecule has 0 bridgehead atoms. The van der Waals surface area contributed by atoms with Crippen LogP contribution in [0.2, 0.25) is 5.02 Å². The molecule has 2 aromatic carbocycles. The molecule has 1 atom stereocenters. The van der Waals surface area contributed by atoms with Crippen LogP contribution in [0.1, 0.15) is 23.3 Å². The van der Waals surface area contributed by atoms with E-state index in [2.05, 4.69) is 32.4 Å². The van der Waals surface area contributed by atoms with Gasteiger partial charge in [0.15, 0.2) is 5.82 Å². The number of halogens is 3. The number of nitrogens with one attached hydrogen (secondary N) is 2. The third-order valence-corrected chi connectivity index (χ3v) is 6.67. The van der Waals surface area contributed by atoms with Gasteiger partial charge in [0.1, 0.15) is 30.3 Å². The van der Waals surface area contributed by atoms with E-state index in [1.165, 1.54) is 17.7 Å². The largest absolute Gasteiger partial charge is 0.487 e. The Labute approximate surface area is 204 Å². The van der Waals surface area contributed by atoms with Crippen LogP contribution in [0, 0.1) is 23.5 Å². The van der Waals surface area contributed by atoms with Crippen LogP contribution >= 0.6 is 22.9 Å². The van der Waals surface area contributed by atoms with Crippen molar-refractivity contribution in [2.75, 3.05) is 11.9 Å². The van der Waals surface area contributed by atoms with Gasteiger partial charge in [-0.25, -0.2) is 18.7 Å². The van der Waals surface area contributed by atoms with Gasteiger partial charge >= 0.3 is 0 Å². The fraction of sp³-hybridized carbons (Fsp3) is 0.200. The predicted molar refractivity (Wildman–Crippen MR) is 131 cm³/mol. The highest BCUT2D eigenvalue weighted by Gasteiger charge is 2.13. The number of fused-ring (bicyclic) bond motifs is 1. The van der Waals surface area contributed by atoms with E-state index >= 15 is 0 Å². The van der Waals surface area contributed by atoms with Crippen molar-refractivity contribution in [3.05, 3.63) is 75.9 Å². The van der Waals surface area contributed by atoms with Gasteiger partial charge in [-0.05, 0) is 61.9 Å². The Morgan fingerprint density at radius 3 is 2.91 bits per heavy atom. The molecular weight excluding hydrogens is 478 g/mol. The average Bonchev–Trinajstić information content (AvgIpc) is 3.49. The number of benzene rings is 2. The van der Waals surface area contributed by atoms with Crippen molar-refractivity contribution in [2.45, 2.75) is 25.5 Å². The van der Waals surface area contributed by atoms with Gasteiger partial charge in [0, 0.05) is 11.3 Å². The number of rotatable bonds is 5. The second-order valence-electron chi connectivity index (χ2n) is 7.76. The monoisotopic (exact) mass is 496 g/mol. The normalized spacial score (nSPS) is 15.2. The number of aromatic nitrogens is 2. The highest BCUT2D eigenvalue weighted by Crippen LogP contribution is 2.33. The summed E-state index contributed by atoms with van der Waals surface area (Å²) >= 11 is 7.90. The first-order valence-corrected chi connectivity index (χ1v) is 11.9. The molecule has 5 nitrogen and oxygen atoms in total. The minimum atomic E-state index is -0.539. The summed E-state index contributed by atoms with van der Waals surface area (Å²) in [5.74, 6) is 6.46. The van der Waals surface area contributed by atoms with Gasteiger partial charge in [0.05, 0.1) is 26.2 Å². The lowest BCUT2D eigenvalue weighted by molar-refractivity contribution is 0.299. The van der Waals surface area contributed by atoms with Gasteiger partial charge < -0.3 is 15.4 Å². The topological polar surface area (TPSA) is 59.1 Å². The zero-order chi connectivity index (χ0) is 23.5. The van der Waals surface area contributed by atoms with E-state index < -0.39 is 11.6 Å². The molecule has 1 aliphatic rings. The Bertz CT molecular complexity index is 1410. The number of ether oxygens (including phenoxy) is 1. The van der Waals surface area contributed by atoms with Crippen molar-refractivity contribution in [2.24, 2.45) is 0 Å². The van der Waals surface area contributed by atoms with Gasteiger partial charge in [0.2, 0.25) is 0 Å². The molecule has 1 aliphatic heterocycles. The second kappa shape index (κ2) is 9.94. The van der Waals surface area contributed by atoms with Crippen LogP contribution in [0.3, 0.4) is 0 Å². The standard InChI is InChI=1S/C25H19ClF2N4OS/c26-20-11-18(5-8-23(20)33-13-15-10-16(27)3-7-21(15)28)32-25-24-22(30-14-31-25)12-19(34-24)6-4-17-2-1-9-29-17/h3,5,7-8,10-12,14,17,29H,1-2,9,13H2,(H,30,31,32). The molecule has 1 saturated heterocycles. The Kier molecular flexibility index (Phi) is 6.59. The number of hydrogen-bond acceptors (Lipinski definition) is 6. The summed E-state index contributed by atoms with van der Waals surface area (Å²) in [5, 5.41) is 6.96. The van der Waals surface area contributed by atoms with Crippen molar-refractivity contribution in [1.82, 2.24) is 15.3 Å². The SMILES string of the molecule is Fc1ccc(F)c(COc2ccc(Nc3ncnc4cc(C#CC5CCCN5)sc34)cc2Cl)c1. The molecule has 1 unspecified atom stereocenters. The molecule has 9 heteroatoms. The van der Waals surface area contributed by atoms with Crippen molar-refractivity contribution >= 4 is 44.7 Å². The maximum atomic E-state index is 13.8. The molecule has 172 valence electrons. The van der Waals surface area contributed by atoms with Gasteiger partial charge in [-0.15, -0.1) is 11.3 Å².